The zero-order valence-corrected chi connectivity index (χ0v) is 25.9. The van der Waals surface area contributed by atoms with E-state index >= 15 is 0 Å². The molecule has 6 heteroatoms. The molecular weight excluding hydrogens is 555 g/mol. The fourth-order valence-corrected chi connectivity index (χ4v) is 9.05. The van der Waals surface area contributed by atoms with Crippen molar-refractivity contribution in [1.82, 2.24) is 10.2 Å². The average molecular weight is 600 g/mol. The van der Waals surface area contributed by atoms with Gasteiger partial charge in [0.25, 0.3) is 0 Å². The minimum absolute atomic E-state index is 0. The van der Waals surface area contributed by atoms with Crippen molar-refractivity contribution >= 4 is 29.3 Å². The summed E-state index contributed by atoms with van der Waals surface area (Å²) in [6.45, 7) is 8.07. The second-order valence-corrected chi connectivity index (χ2v) is 14.2. The molecule has 38 heavy (non-hydrogen) atoms. The molecular formula is C32H44BrN2O2P. The number of benzene rings is 3. The van der Waals surface area contributed by atoms with Gasteiger partial charge in [-0.15, -0.1) is 0 Å². The first-order valence-corrected chi connectivity index (χ1v) is 15.5. The summed E-state index contributed by atoms with van der Waals surface area (Å²) < 4.78 is 5.41. The van der Waals surface area contributed by atoms with Gasteiger partial charge in [-0.3, -0.25) is 0 Å². The number of nitrogens with zero attached hydrogens (tertiary/aromatic N) is 1. The molecule has 0 atom stereocenters. The van der Waals surface area contributed by atoms with Gasteiger partial charge in [0.1, 0.15) is 28.8 Å². The van der Waals surface area contributed by atoms with Gasteiger partial charge in [0.05, 0.1) is 6.16 Å². The Morgan fingerprint density at radius 1 is 0.737 bits per heavy atom. The fraction of sp³-hybridized carbons (Fsp3) is 0.406. The van der Waals surface area contributed by atoms with Crippen LogP contribution in [0.3, 0.4) is 0 Å². The number of amides is 1. The van der Waals surface area contributed by atoms with Crippen LogP contribution in [0.4, 0.5) is 4.79 Å². The summed E-state index contributed by atoms with van der Waals surface area (Å²) in [5.74, 6) is 0. The van der Waals surface area contributed by atoms with E-state index in [2.05, 4.69) is 96.3 Å². The highest BCUT2D eigenvalue weighted by atomic mass is 79.9. The van der Waals surface area contributed by atoms with Crippen LogP contribution in [0.5, 0.6) is 0 Å². The number of hydrogen-bond acceptors (Lipinski definition) is 3. The van der Waals surface area contributed by atoms with E-state index in [1.165, 1.54) is 41.3 Å². The molecule has 0 unspecified atom stereocenters. The molecule has 4 nitrogen and oxygen atoms in total. The molecule has 0 bridgehead atoms. The number of rotatable bonds is 13. The van der Waals surface area contributed by atoms with E-state index in [4.69, 9.17) is 4.74 Å². The smallest absolute Gasteiger partial charge is 0.410 e. The van der Waals surface area contributed by atoms with E-state index < -0.39 is 12.9 Å². The second-order valence-electron chi connectivity index (χ2n) is 10.6. The van der Waals surface area contributed by atoms with Crippen LogP contribution in [-0.2, 0) is 4.74 Å². The largest absolute Gasteiger partial charge is 1.00 e. The van der Waals surface area contributed by atoms with Gasteiger partial charge in [0.2, 0.25) is 0 Å². The van der Waals surface area contributed by atoms with Gasteiger partial charge in [-0.2, -0.15) is 0 Å². The maximum absolute atomic E-state index is 12.1. The zero-order valence-electron chi connectivity index (χ0n) is 23.4. The molecule has 0 saturated carbocycles. The summed E-state index contributed by atoms with van der Waals surface area (Å²) >= 11 is 0. The highest BCUT2D eigenvalue weighted by molar-refractivity contribution is 7.95. The summed E-state index contributed by atoms with van der Waals surface area (Å²) in [6.07, 6.45) is 5.67. The van der Waals surface area contributed by atoms with E-state index in [0.29, 0.717) is 6.54 Å². The number of unbranched alkanes of at least 4 members (excludes halogenated alkanes) is 3. The molecule has 0 aliphatic carbocycles. The number of carbonyl (C=O) groups is 1. The molecule has 0 aliphatic rings. The van der Waals surface area contributed by atoms with Crippen molar-refractivity contribution in [1.29, 1.82) is 0 Å². The monoisotopic (exact) mass is 598 g/mol. The third kappa shape index (κ3) is 9.52. The van der Waals surface area contributed by atoms with Crippen molar-refractivity contribution in [3.8, 4) is 0 Å². The van der Waals surface area contributed by atoms with E-state index in [1.807, 2.05) is 20.8 Å². The first-order valence-electron chi connectivity index (χ1n) is 13.5. The van der Waals surface area contributed by atoms with Crippen molar-refractivity contribution in [2.45, 2.75) is 52.1 Å². The van der Waals surface area contributed by atoms with Gasteiger partial charge in [0, 0.05) is 20.1 Å². The molecule has 3 aromatic carbocycles. The number of carbonyl (C=O) groups excluding carboxylic acids is 1. The lowest BCUT2D eigenvalue weighted by Crippen LogP contribution is -3.00. The lowest BCUT2D eigenvalue weighted by molar-refractivity contribution is -0.0000415. The standard InChI is InChI=1S/C32H44N2O2P.BrH/c1-32(2,3)36-31(35)34(4)26-25-33-24-16-5-6-17-27-37(28-18-10-7-11-19-28,29-20-12-8-13-21-29)30-22-14-9-15-23-30;/h7-15,18-23,33H,5-6,16-17,24-27H2,1-4H3;1H/q+1;/p-1. The van der Waals surface area contributed by atoms with Gasteiger partial charge in [-0.25, -0.2) is 4.79 Å². The SMILES string of the molecule is CN(CCNCCCCCC[P+](c1ccccc1)(c1ccccc1)c1ccccc1)C(=O)OC(C)(C)C.[Br-]. The van der Waals surface area contributed by atoms with E-state index in [-0.39, 0.29) is 23.1 Å². The van der Waals surface area contributed by atoms with Crippen LogP contribution in [0.25, 0.3) is 0 Å². The minimum atomic E-state index is -1.72. The quantitative estimate of drug-likeness (QED) is 0.243. The second kappa shape index (κ2) is 16.0. The Labute approximate surface area is 241 Å². The molecule has 3 aromatic rings. The van der Waals surface area contributed by atoms with Crippen molar-refractivity contribution in [3.05, 3.63) is 91.0 Å². The molecule has 3 rings (SSSR count). The van der Waals surface area contributed by atoms with Crippen molar-refractivity contribution in [2.75, 3.05) is 32.8 Å². The molecule has 1 N–H and O–H groups in total. The topological polar surface area (TPSA) is 41.6 Å². The van der Waals surface area contributed by atoms with Crippen LogP contribution in [0.2, 0.25) is 0 Å². The Bertz CT molecular complexity index is 962. The maximum Gasteiger partial charge on any atom is 0.410 e. The molecule has 0 aliphatic heterocycles. The summed E-state index contributed by atoms with van der Waals surface area (Å²) in [5, 5.41) is 7.86. The van der Waals surface area contributed by atoms with Gasteiger partial charge in [-0.1, -0.05) is 61.0 Å². The predicted molar refractivity (Wildman–Crippen MR) is 160 cm³/mol. The van der Waals surface area contributed by atoms with Crippen LogP contribution in [0, 0.1) is 0 Å². The van der Waals surface area contributed by atoms with Crippen LogP contribution in [0.1, 0.15) is 46.5 Å². The number of halogens is 1. The first-order chi connectivity index (χ1) is 17.8. The third-order valence-corrected chi connectivity index (χ3v) is 11.0. The summed E-state index contributed by atoms with van der Waals surface area (Å²) in [5.41, 5.74) is -0.458. The summed E-state index contributed by atoms with van der Waals surface area (Å²) in [7, 11) is 0.0688. The normalized spacial score (nSPS) is 11.5. The fourth-order valence-electron chi connectivity index (χ4n) is 4.64. The van der Waals surface area contributed by atoms with Crippen LogP contribution in [0.15, 0.2) is 91.0 Å². The number of likely N-dealkylation sites (N-methyl/N-ethyl adjacent to an activating group) is 1. The number of hydrogen-bond donors (Lipinski definition) is 1. The molecule has 1 amide bonds. The number of ether oxygens (including phenoxy) is 1. The van der Waals surface area contributed by atoms with Crippen molar-refractivity contribution in [2.24, 2.45) is 0 Å². The number of nitrogens with one attached hydrogen (secondary N) is 1. The predicted octanol–water partition coefficient (Wildman–Crippen LogP) is 3.00. The Morgan fingerprint density at radius 2 is 1.18 bits per heavy atom. The minimum Gasteiger partial charge on any atom is -1.00 e. The molecule has 0 radical (unpaired) electrons. The Hall–Kier alpha value is -2.20. The molecule has 206 valence electrons. The molecule has 0 heterocycles. The Balaban J connectivity index is 0.00000507. The molecule has 0 aromatic heterocycles. The lowest BCUT2D eigenvalue weighted by Gasteiger charge is -2.27. The molecule has 0 spiro atoms. The molecule has 0 saturated heterocycles. The zero-order chi connectivity index (χ0) is 26.6. The van der Waals surface area contributed by atoms with E-state index in [9.17, 15) is 4.79 Å². The van der Waals surface area contributed by atoms with E-state index in [1.54, 1.807) is 11.9 Å². The van der Waals surface area contributed by atoms with Crippen LogP contribution in [-0.4, -0.2) is 49.4 Å². The van der Waals surface area contributed by atoms with Gasteiger partial charge in [-0.05, 0) is 83.0 Å². The molecule has 0 fully saturated rings. The van der Waals surface area contributed by atoms with Gasteiger partial charge < -0.3 is 31.9 Å². The van der Waals surface area contributed by atoms with Crippen molar-refractivity contribution < 1.29 is 26.5 Å². The Kier molecular flexibility index (Phi) is 13.5. The highest BCUT2D eigenvalue weighted by Gasteiger charge is 2.44. The van der Waals surface area contributed by atoms with Gasteiger partial charge in [0.15, 0.2) is 0 Å². The Morgan fingerprint density at radius 3 is 1.63 bits per heavy atom. The van der Waals surface area contributed by atoms with E-state index in [0.717, 1.165) is 19.5 Å². The summed E-state index contributed by atoms with van der Waals surface area (Å²) in [6, 6.07) is 33.4. The van der Waals surface area contributed by atoms with Crippen LogP contribution >= 0.6 is 7.26 Å². The van der Waals surface area contributed by atoms with Crippen molar-refractivity contribution in [3.63, 3.8) is 0 Å². The van der Waals surface area contributed by atoms with Gasteiger partial charge >= 0.3 is 6.09 Å². The highest BCUT2D eigenvalue weighted by Crippen LogP contribution is 2.55. The van der Waals surface area contributed by atoms with Crippen LogP contribution < -0.4 is 38.2 Å². The maximum atomic E-state index is 12.1. The lowest BCUT2D eigenvalue weighted by atomic mass is 10.2. The summed E-state index contributed by atoms with van der Waals surface area (Å²) in [4.78, 5) is 13.7. The average Bonchev–Trinajstić information content (AvgIpc) is 2.90. The first kappa shape index (κ1) is 32.0. The third-order valence-electron chi connectivity index (χ3n) is 6.52.